The van der Waals surface area contributed by atoms with E-state index in [9.17, 15) is 9.18 Å². The molecule has 0 spiro atoms. The summed E-state index contributed by atoms with van der Waals surface area (Å²) in [6.45, 7) is 0. The third-order valence-corrected chi connectivity index (χ3v) is 3.00. The molecule has 1 aromatic rings. The van der Waals surface area contributed by atoms with Gasteiger partial charge in [0.1, 0.15) is 5.82 Å². The zero-order valence-electron chi connectivity index (χ0n) is 9.82. The molecule has 0 saturated heterocycles. The highest BCUT2D eigenvalue weighted by molar-refractivity contribution is 5.90. The predicted octanol–water partition coefficient (Wildman–Crippen LogP) is 2.63. The molecule has 1 aliphatic rings. The molecule has 96 valence electrons. The van der Waals surface area contributed by atoms with Crippen LogP contribution in [0.3, 0.4) is 0 Å². The minimum atomic E-state index is -1.31. The van der Waals surface area contributed by atoms with Crippen molar-refractivity contribution in [1.82, 2.24) is 0 Å². The smallest absolute Gasteiger partial charge is 0.338 e. The van der Waals surface area contributed by atoms with Gasteiger partial charge in [0.25, 0.3) is 0 Å². The van der Waals surface area contributed by atoms with Gasteiger partial charge in [-0.2, -0.15) is 0 Å². The van der Waals surface area contributed by atoms with Crippen molar-refractivity contribution in [2.45, 2.75) is 25.3 Å². The lowest BCUT2D eigenvalue weighted by Crippen LogP contribution is -2.21. The molecule has 0 saturated carbocycles. The topological polar surface area (TPSA) is 75.4 Å². The first-order valence-electron chi connectivity index (χ1n) is 5.82. The zero-order valence-corrected chi connectivity index (χ0v) is 9.82. The van der Waals surface area contributed by atoms with Gasteiger partial charge in [-0.15, -0.1) is 0 Å². The van der Waals surface area contributed by atoms with Gasteiger partial charge >= 0.3 is 5.97 Å². The summed E-state index contributed by atoms with van der Waals surface area (Å²) in [4.78, 5) is 10.8. The fraction of sp³-hybridized carbons (Fsp3) is 0.308. The summed E-state index contributed by atoms with van der Waals surface area (Å²) in [5.41, 5.74) is 6.04. The van der Waals surface area contributed by atoms with Gasteiger partial charge in [0.15, 0.2) is 0 Å². The molecule has 0 heterocycles. The Balaban J connectivity index is 2.21. The summed E-state index contributed by atoms with van der Waals surface area (Å²) in [6, 6.07) is 2.52. The Hall–Kier alpha value is -2.04. The Bertz CT molecular complexity index is 500. The number of nitrogen functional groups attached to an aromatic ring is 1. The Labute approximate surface area is 104 Å². The number of hydrogen-bond donors (Lipinski definition) is 3. The predicted molar refractivity (Wildman–Crippen MR) is 68.2 cm³/mol. The van der Waals surface area contributed by atoms with Crippen LogP contribution < -0.4 is 11.1 Å². The van der Waals surface area contributed by atoms with E-state index in [0.717, 1.165) is 31.4 Å². The van der Waals surface area contributed by atoms with Crippen LogP contribution in [-0.4, -0.2) is 17.1 Å². The number of halogens is 1. The monoisotopic (exact) mass is 250 g/mol. The molecule has 0 aromatic heterocycles. The number of allylic oxidation sites excluding steroid dienone is 1. The van der Waals surface area contributed by atoms with E-state index in [1.54, 1.807) is 0 Å². The summed E-state index contributed by atoms with van der Waals surface area (Å²) in [5, 5.41) is 11.9. The van der Waals surface area contributed by atoms with Gasteiger partial charge in [-0.3, -0.25) is 0 Å². The summed E-state index contributed by atoms with van der Waals surface area (Å²) in [7, 11) is 0. The molecule has 0 radical (unpaired) electrons. The molecule has 4 nitrogen and oxygen atoms in total. The summed E-state index contributed by atoms with van der Waals surface area (Å²) < 4.78 is 13.5. The van der Waals surface area contributed by atoms with Crippen molar-refractivity contribution in [3.63, 3.8) is 0 Å². The van der Waals surface area contributed by atoms with Crippen LogP contribution in [0.4, 0.5) is 15.8 Å². The van der Waals surface area contributed by atoms with E-state index in [1.165, 1.54) is 0 Å². The highest BCUT2D eigenvalue weighted by atomic mass is 19.1. The number of rotatable bonds is 3. The normalized spacial score (nSPS) is 18.6. The molecule has 0 bridgehead atoms. The van der Waals surface area contributed by atoms with E-state index >= 15 is 0 Å². The number of hydrogen-bond acceptors (Lipinski definition) is 3. The van der Waals surface area contributed by atoms with Gasteiger partial charge in [0, 0.05) is 6.04 Å². The first-order valence-corrected chi connectivity index (χ1v) is 5.82. The van der Waals surface area contributed by atoms with Crippen LogP contribution in [0.25, 0.3) is 0 Å². The molecule has 4 N–H and O–H groups in total. The van der Waals surface area contributed by atoms with Crippen molar-refractivity contribution < 1.29 is 14.3 Å². The molecular formula is C13H15FN2O2. The number of carbonyl (C=O) groups is 1. The Morgan fingerprint density at radius 3 is 2.83 bits per heavy atom. The minimum absolute atomic E-state index is 0.215. The average Bonchev–Trinajstić information content (AvgIpc) is 2.34. The molecule has 2 rings (SSSR count). The Morgan fingerprint density at radius 2 is 2.22 bits per heavy atom. The SMILES string of the molecule is Nc1cc(C(=O)O)c(F)cc1NC1CC=CCC1. The van der Waals surface area contributed by atoms with E-state index < -0.39 is 17.3 Å². The van der Waals surface area contributed by atoms with Crippen LogP contribution in [-0.2, 0) is 0 Å². The number of aromatic carboxylic acids is 1. The van der Waals surface area contributed by atoms with E-state index in [4.69, 9.17) is 10.8 Å². The van der Waals surface area contributed by atoms with Crippen LogP contribution >= 0.6 is 0 Å². The molecule has 1 atom stereocenters. The van der Waals surface area contributed by atoms with Crippen molar-refractivity contribution in [1.29, 1.82) is 0 Å². The fourth-order valence-corrected chi connectivity index (χ4v) is 2.02. The third-order valence-electron chi connectivity index (χ3n) is 3.00. The second-order valence-corrected chi connectivity index (χ2v) is 4.35. The van der Waals surface area contributed by atoms with Gasteiger partial charge in [-0.25, -0.2) is 9.18 Å². The second-order valence-electron chi connectivity index (χ2n) is 4.35. The maximum absolute atomic E-state index is 13.5. The molecule has 5 heteroatoms. The molecule has 1 unspecified atom stereocenters. The van der Waals surface area contributed by atoms with E-state index in [0.29, 0.717) is 5.69 Å². The Morgan fingerprint density at radius 1 is 1.44 bits per heavy atom. The van der Waals surface area contributed by atoms with Crippen molar-refractivity contribution in [2.24, 2.45) is 0 Å². The summed E-state index contributed by atoms with van der Waals surface area (Å²) in [5.74, 6) is -2.09. The first kappa shape index (κ1) is 12.4. The highest BCUT2D eigenvalue weighted by Crippen LogP contribution is 2.26. The number of carboxylic acids is 1. The van der Waals surface area contributed by atoms with Gasteiger partial charge in [-0.1, -0.05) is 12.2 Å². The summed E-state index contributed by atoms with van der Waals surface area (Å²) >= 11 is 0. The molecule has 0 aliphatic heterocycles. The lowest BCUT2D eigenvalue weighted by Gasteiger charge is -2.21. The number of benzene rings is 1. The average molecular weight is 250 g/mol. The second kappa shape index (κ2) is 5.08. The van der Waals surface area contributed by atoms with Gasteiger partial charge in [-0.05, 0) is 31.4 Å². The molecule has 0 amide bonds. The van der Waals surface area contributed by atoms with Gasteiger partial charge in [0.05, 0.1) is 16.9 Å². The van der Waals surface area contributed by atoms with Gasteiger partial charge < -0.3 is 16.2 Å². The largest absolute Gasteiger partial charge is 0.478 e. The van der Waals surface area contributed by atoms with E-state index in [-0.39, 0.29) is 11.7 Å². The lowest BCUT2D eigenvalue weighted by atomic mass is 10.0. The van der Waals surface area contributed by atoms with Crippen molar-refractivity contribution in [3.8, 4) is 0 Å². The van der Waals surface area contributed by atoms with Crippen LogP contribution in [0.2, 0.25) is 0 Å². The van der Waals surface area contributed by atoms with E-state index in [1.807, 2.05) is 0 Å². The van der Waals surface area contributed by atoms with Crippen molar-refractivity contribution in [2.75, 3.05) is 11.1 Å². The standard InChI is InChI=1S/C13H15FN2O2/c14-10-7-12(11(15)6-9(10)13(17)18)16-8-4-2-1-3-5-8/h1-2,6-8,16H,3-5,15H2,(H,17,18). The lowest BCUT2D eigenvalue weighted by molar-refractivity contribution is 0.0692. The summed E-state index contributed by atoms with van der Waals surface area (Å²) in [6.07, 6.45) is 6.97. The van der Waals surface area contributed by atoms with Crippen LogP contribution in [0.5, 0.6) is 0 Å². The maximum Gasteiger partial charge on any atom is 0.338 e. The fourth-order valence-electron chi connectivity index (χ4n) is 2.02. The third kappa shape index (κ3) is 2.61. The maximum atomic E-state index is 13.5. The Kier molecular flexibility index (Phi) is 3.50. The highest BCUT2D eigenvalue weighted by Gasteiger charge is 2.16. The van der Waals surface area contributed by atoms with Gasteiger partial charge in [0.2, 0.25) is 0 Å². The molecular weight excluding hydrogens is 235 g/mol. The number of nitrogens with two attached hydrogens (primary N) is 1. The number of anilines is 2. The minimum Gasteiger partial charge on any atom is -0.478 e. The van der Waals surface area contributed by atoms with Crippen LogP contribution in [0, 0.1) is 5.82 Å². The molecule has 1 aliphatic carbocycles. The van der Waals surface area contributed by atoms with Crippen LogP contribution in [0.1, 0.15) is 29.6 Å². The molecule has 1 aromatic carbocycles. The molecule has 0 fully saturated rings. The van der Waals surface area contributed by atoms with Crippen molar-refractivity contribution >= 4 is 17.3 Å². The molecule has 18 heavy (non-hydrogen) atoms. The quantitative estimate of drug-likeness (QED) is 0.569. The zero-order chi connectivity index (χ0) is 13.1. The first-order chi connectivity index (χ1) is 8.58. The van der Waals surface area contributed by atoms with E-state index in [2.05, 4.69) is 17.5 Å². The van der Waals surface area contributed by atoms with Crippen molar-refractivity contribution in [3.05, 3.63) is 35.7 Å². The number of nitrogens with one attached hydrogen (secondary N) is 1. The van der Waals surface area contributed by atoms with Crippen LogP contribution in [0.15, 0.2) is 24.3 Å². The number of carboxylic acid groups (broad SMARTS) is 1.